The van der Waals surface area contributed by atoms with Gasteiger partial charge in [0.25, 0.3) is 17.5 Å². The van der Waals surface area contributed by atoms with Crippen molar-refractivity contribution in [1.82, 2.24) is 5.43 Å². The third-order valence-corrected chi connectivity index (χ3v) is 4.49. The molecule has 0 bridgehead atoms. The van der Waals surface area contributed by atoms with E-state index in [0.717, 1.165) is 11.3 Å². The van der Waals surface area contributed by atoms with Gasteiger partial charge in [-0.25, -0.2) is 5.43 Å². The van der Waals surface area contributed by atoms with Crippen molar-refractivity contribution in [2.75, 3.05) is 24.3 Å². The number of nitro benzene ring substituents is 1. The number of hydrogen-bond donors (Lipinski definition) is 2. The SMILES string of the molecule is CN(C)c1ccc(/C=N\NC(=O)c2cccc(NC(=O)c3cccc([N+](=O)[O-])c3)c2)cc1. The summed E-state index contributed by atoms with van der Waals surface area (Å²) in [7, 11) is 3.90. The lowest BCUT2D eigenvalue weighted by Gasteiger charge is -2.11. The average molecular weight is 431 g/mol. The number of non-ortho nitro benzene ring substituents is 1. The number of carbonyl (C=O) groups is 2. The van der Waals surface area contributed by atoms with Crippen LogP contribution in [0.15, 0.2) is 77.9 Å². The average Bonchev–Trinajstić information content (AvgIpc) is 2.79. The van der Waals surface area contributed by atoms with E-state index in [0.29, 0.717) is 11.3 Å². The Kier molecular flexibility index (Phi) is 6.92. The molecule has 0 atom stereocenters. The number of hydrogen-bond acceptors (Lipinski definition) is 6. The molecule has 0 aliphatic rings. The number of hydrazone groups is 1. The second-order valence-corrected chi connectivity index (χ2v) is 7.03. The summed E-state index contributed by atoms with van der Waals surface area (Å²) >= 11 is 0. The predicted molar refractivity (Wildman–Crippen MR) is 123 cm³/mol. The Balaban J connectivity index is 1.63. The van der Waals surface area contributed by atoms with E-state index >= 15 is 0 Å². The van der Waals surface area contributed by atoms with Crippen LogP contribution in [0, 0.1) is 10.1 Å². The van der Waals surface area contributed by atoms with E-state index in [2.05, 4.69) is 15.8 Å². The number of nitrogens with one attached hydrogen (secondary N) is 2. The van der Waals surface area contributed by atoms with Gasteiger partial charge in [0.05, 0.1) is 11.1 Å². The maximum atomic E-state index is 12.4. The zero-order chi connectivity index (χ0) is 23.1. The first-order valence-corrected chi connectivity index (χ1v) is 9.60. The topological polar surface area (TPSA) is 117 Å². The lowest BCUT2D eigenvalue weighted by Crippen LogP contribution is -2.18. The van der Waals surface area contributed by atoms with Crippen LogP contribution < -0.4 is 15.6 Å². The van der Waals surface area contributed by atoms with Crippen LogP contribution in [0.3, 0.4) is 0 Å². The Labute approximate surface area is 184 Å². The maximum absolute atomic E-state index is 12.4. The summed E-state index contributed by atoms with van der Waals surface area (Å²) in [5, 5.41) is 17.5. The molecule has 32 heavy (non-hydrogen) atoms. The lowest BCUT2D eigenvalue weighted by atomic mass is 10.1. The van der Waals surface area contributed by atoms with Crippen molar-refractivity contribution in [2.24, 2.45) is 5.10 Å². The van der Waals surface area contributed by atoms with Gasteiger partial charge in [-0.3, -0.25) is 19.7 Å². The predicted octanol–water partition coefficient (Wildman–Crippen LogP) is 3.68. The number of anilines is 2. The van der Waals surface area contributed by atoms with Gasteiger partial charge in [0.1, 0.15) is 0 Å². The van der Waals surface area contributed by atoms with Gasteiger partial charge in [0.2, 0.25) is 0 Å². The molecule has 0 radical (unpaired) electrons. The van der Waals surface area contributed by atoms with Gasteiger partial charge in [0, 0.05) is 48.7 Å². The molecule has 0 fully saturated rings. The van der Waals surface area contributed by atoms with Gasteiger partial charge in [-0.1, -0.05) is 24.3 Å². The summed E-state index contributed by atoms with van der Waals surface area (Å²) < 4.78 is 0. The molecule has 3 rings (SSSR count). The van der Waals surface area contributed by atoms with Crippen molar-refractivity contribution in [3.05, 3.63) is 99.6 Å². The Morgan fingerprint density at radius 3 is 2.25 bits per heavy atom. The first-order valence-electron chi connectivity index (χ1n) is 9.60. The molecule has 162 valence electrons. The fourth-order valence-electron chi connectivity index (χ4n) is 2.79. The van der Waals surface area contributed by atoms with Crippen molar-refractivity contribution >= 4 is 35.1 Å². The molecular weight excluding hydrogens is 410 g/mol. The van der Waals surface area contributed by atoms with Crippen molar-refractivity contribution in [3.63, 3.8) is 0 Å². The van der Waals surface area contributed by atoms with E-state index in [1.807, 2.05) is 43.3 Å². The van der Waals surface area contributed by atoms with Crippen LogP contribution in [0.4, 0.5) is 17.1 Å². The minimum atomic E-state index is -0.571. The van der Waals surface area contributed by atoms with Crippen LogP contribution in [0.25, 0.3) is 0 Å². The van der Waals surface area contributed by atoms with Crippen LogP contribution in [0.1, 0.15) is 26.3 Å². The fourth-order valence-corrected chi connectivity index (χ4v) is 2.79. The largest absolute Gasteiger partial charge is 0.378 e. The second kappa shape index (κ2) is 9.98. The molecule has 2 N–H and O–H groups in total. The summed E-state index contributed by atoms with van der Waals surface area (Å²) in [5.74, 6) is -0.969. The summed E-state index contributed by atoms with van der Waals surface area (Å²) in [6.45, 7) is 0. The highest BCUT2D eigenvalue weighted by atomic mass is 16.6. The Hall–Kier alpha value is -4.53. The lowest BCUT2D eigenvalue weighted by molar-refractivity contribution is -0.384. The summed E-state index contributed by atoms with van der Waals surface area (Å²) in [6, 6.07) is 19.3. The summed E-state index contributed by atoms with van der Waals surface area (Å²) in [5.41, 5.74) is 4.95. The minimum absolute atomic E-state index is 0.138. The van der Waals surface area contributed by atoms with Crippen LogP contribution in [-0.4, -0.2) is 37.0 Å². The molecule has 9 heteroatoms. The molecular formula is C23H21N5O4. The van der Waals surface area contributed by atoms with E-state index in [9.17, 15) is 19.7 Å². The molecule has 0 spiro atoms. The van der Waals surface area contributed by atoms with Crippen molar-refractivity contribution in [1.29, 1.82) is 0 Å². The minimum Gasteiger partial charge on any atom is -0.378 e. The number of nitro groups is 1. The van der Waals surface area contributed by atoms with E-state index in [-0.39, 0.29) is 11.3 Å². The normalized spacial score (nSPS) is 10.6. The zero-order valence-corrected chi connectivity index (χ0v) is 17.5. The van der Waals surface area contributed by atoms with Gasteiger partial charge in [-0.05, 0) is 42.0 Å². The monoisotopic (exact) mass is 431 g/mol. The molecule has 0 unspecified atom stereocenters. The third-order valence-electron chi connectivity index (χ3n) is 4.49. The van der Waals surface area contributed by atoms with Crippen LogP contribution >= 0.6 is 0 Å². The molecule has 0 saturated heterocycles. The van der Waals surface area contributed by atoms with Crippen molar-refractivity contribution in [2.45, 2.75) is 0 Å². The summed E-state index contributed by atoms with van der Waals surface area (Å²) in [6.07, 6.45) is 1.53. The molecule has 3 aromatic rings. The molecule has 0 aliphatic carbocycles. The fraction of sp³-hybridized carbons (Fsp3) is 0.0870. The maximum Gasteiger partial charge on any atom is 0.271 e. The zero-order valence-electron chi connectivity index (χ0n) is 17.5. The van der Waals surface area contributed by atoms with Crippen molar-refractivity contribution in [3.8, 4) is 0 Å². The highest BCUT2D eigenvalue weighted by Crippen LogP contribution is 2.16. The smallest absolute Gasteiger partial charge is 0.271 e. The third kappa shape index (κ3) is 5.76. The van der Waals surface area contributed by atoms with Gasteiger partial charge in [-0.2, -0.15) is 5.10 Å². The molecule has 2 amide bonds. The molecule has 9 nitrogen and oxygen atoms in total. The first-order chi connectivity index (χ1) is 15.3. The van der Waals surface area contributed by atoms with Gasteiger partial charge < -0.3 is 10.2 Å². The van der Waals surface area contributed by atoms with Gasteiger partial charge >= 0.3 is 0 Å². The number of benzene rings is 3. The van der Waals surface area contributed by atoms with Crippen LogP contribution in [-0.2, 0) is 0 Å². The number of nitrogens with zero attached hydrogens (tertiary/aromatic N) is 3. The standard InChI is InChI=1S/C23H21N5O4/c1-27(2)20-11-9-16(10-12-20)15-24-26-23(30)17-5-3-7-19(13-17)25-22(29)18-6-4-8-21(14-18)28(31)32/h3-15H,1-2H3,(H,25,29)(H,26,30)/b24-15-. The highest BCUT2D eigenvalue weighted by molar-refractivity contribution is 6.05. The summed E-state index contributed by atoms with van der Waals surface area (Å²) in [4.78, 5) is 37.1. The molecule has 0 aliphatic heterocycles. The van der Waals surface area contributed by atoms with Gasteiger partial charge in [-0.15, -0.1) is 0 Å². The second-order valence-electron chi connectivity index (χ2n) is 7.03. The van der Waals surface area contributed by atoms with Crippen molar-refractivity contribution < 1.29 is 14.5 Å². The van der Waals surface area contributed by atoms with E-state index < -0.39 is 16.7 Å². The van der Waals surface area contributed by atoms with Crippen LogP contribution in [0.5, 0.6) is 0 Å². The number of carbonyl (C=O) groups excluding carboxylic acids is 2. The van der Waals surface area contributed by atoms with Crippen LogP contribution in [0.2, 0.25) is 0 Å². The molecule has 3 aromatic carbocycles. The van der Waals surface area contributed by atoms with E-state index in [1.165, 1.54) is 36.5 Å². The van der Waals surface area contributed by atoms with E-state index in [1.54, 1.807) is 18.2 Å². The molecule has 0 heterocycles. The Bertz CT molecular complexity index is 1170. The molecule has 0 saturated carbocycles. The Morgan fingerprint density at radius 2 is 1.59 bits per heavy atom. The van der Waals surface area contributed by atoms with E-state index in [4.69, 9.17) is 0 Å². The number of amides is 2. The highest BCUT2D eigenvalue weighted by Gasteiger charge is 2.12. The number of rotatable bonds is 7. The Morgan fingerprint density at radius 1 is 0.938 bits per heavy atom. The van der Waals surface area contributed by atoms with Gasteiger partial charge in [0.15, 0.2) is 0 Å². The molecule has 0 aromatic heterocycles. The quantitative estimate of drug-likeness (QED) is 0.336. The first kappa shape index (κ1) is 22.2.